The molecule has 0 saturated heterocycles. The van der Waals surface area contributed by atoms with Gasteiger partial charge in [-0.15, -0.1) is 0 Å². The summed E-state index contributed by atoms with van der Waals surface area (Å²) in [6.45, 7) is 6.72. The first-order valence-electron chi connectivity index (χ1n) is 5.21. The molecule has 0 bridgehead atoms. The highest BCUT2D eigenvalue weighted by Gasteiger charge is 2.70. The second-order valence-electron chi connectivity index (χ2n) is 4.81. The van der Waals surface area contributed by atoms with Gasteiger partial charge in [0.1, 0.15) is 11.2 Å². The smallest absolute Gasteiger partial charge is 0.317 e. The van der Waals surface area contributed by atoms with E-state index in [0.29, 0.717) is 12.2 Å². The van der Waals surface area contributed by atoms with Gasteiger partial charge in [0, 0.05) is 18.9 Å². The van der Waals surface area contributed by atoms with Crippen molar-refractivity contribution in [3.63, 3.8) is 0 Å². The molecule has 0 amide bonds. The molecule has 0 aromatic carbocycles. The fourth-order valence-corrected chi connectivity index (χ4v) is 2.40. The number of hydrogen-bond acceptors (Lipinski definition) is 2. The Hall–Kier alpha value is -1.32. The average molecular weight is 208 g/mol. The summed E-state index contributed by atoms with van der Waals surface area (Å²) in [5, 5.41) is 9.38. The number of hydrogen-bond donors (Lipinski definition) is 1. The topological polar surface area (TPSA) is 55.1 Å². The third kappa shape index (κ3) is 1.14. The zero-order valence-corrected chi connectivity index (χ0v) is 9.32. The molecule has 1 atom stereocenters. The monoisotopic (exact) mass is 208 g/mol. The molecule has 2 rings (SSSR count). The third-order valence-electron chi connectivity index (χ3n) is 3.54. The first-order valence-corrected chi connectivity index (χ1v) is 5.21. The van der Waals surface area contributed by atoms with Crippen molar-refractivity contribution in [3.8, 4) is 0 Å². The molecule has 4 nitrogen and oxygen atoms in total. The number of nitrogens with zero attached hydrogens (tertiary/aromatic N) is 2. The molecule has 1 aliphatic carbocycles. The van der Waals surface area contributed by atoms with Gasteiger partial charge in [-0.3, -0.25) is 4.79 Å². The maximum absolute atomic E-state index is 11.4. The fourth-order valence-electron chi connectivity index (χ4n) is 2.40. The van der Waals surface area contributed by atoms with Crippen molar-refractivity contribution in [1.29, 1.82) is 0 Å². The van der Waals surface area contributed by atoms with E-state index in [1.807, 2.05) is 31.5 Å². The molecule has 1 aromatic heterocycles. The molecule has 1 fully saturated rings. The maximum Gasteiger partial charge on any atom is 0.317 e. The minimum atomic E-state index is -0.771. The van der Waals surface area contributed by atoms with Gasteiger partial charge in [-0.2, -0.15) is 0 Å². The van der Waals surface area contributed by atoms with Crippen LogP contribution in [0.1, 0.15) is 33.0 Å². The van der Waals surface area contributed by atoms with Crippen molar-refractivity contribution in [2.75, 3.05) is 0 Å². The van der Waals surface area contributed by atoms with Gasteiger partial charge in [-0.25, -0.2) is 4.98 Å². The molecule has 82 valence electrons. The summed E-state index contributed by atoms with van der Waals surface area (Å²) < 4.78 is 1.92. The first-order chi connectivity index (χ1) is 6.95. The molecule has 1 heterocycles. The zero-order chi connectivity index (χ0) is 11.3. The Labute approximate surface area is 88.9 Å². The number of carboxylic acids is 1. The van der Waals surface area contributed by atoms with E-state index >= 15 is 0 Å². The summed E-state index contributed by atoms with van der Waals surface area (Å²) in [5.74, 6) is -0.0594. The molecular formula is C11H16N2O2. The van der Waals surface area contributed by atoms with E-state index in [-0.39, 0.29) is 5.41 Å². The van der Waals surface area contributed by atoms with Gasteiger partial charge in [0.25, 0.3) is 0 Å². The van der Waals surface area contributed by atoms with E-state index in [9.17, 15) is 9.90 Å². The van der Waals surface area contributed by atoms with E-state index in [2.05, 4.69) is 4.98 Å². The van der Waals surface area contributed by atoms with Crippen LogP contribution in [0, 0.1) is 5.41 Å². The molecule has 1 N–H and O–H groups in total. The lowest BCUT2D eigenvalue weighted by Crippen LogP contribution is -2.29. The Kier molecular flexibility index (Phi) is 1.93. The molecular weight excluding hydrogens is 192 g/mol. The molecule has 0 spiro atoms. The quantitative estimate of drug-likeness (QED) is 0.821. The Morgan fingerprint density at radius 2 is 2.27 bits per heavy atom. The van der Waals surface area contributed by atoms with Crippen LogP contribution in [0.5, 0.6) is 0 Å². The highest BCUT2D eigenvalue weighted by Crippen LogP contribution is 2.63. The van der Waals surface area contributed by atoms with Gasteiger partial charge in [-0.05, 0) is 18.8 Å². The van der Waals surface area contributed by atoms with Crippen LogP contribution >= 0.6 is 0 Å². The van der Waals surface area contributed by atoms with Crippen molar-refractivity contribution in [2.24, 2.45) is 5.41 Å². The van der Waals surface area contributed by atoms with Gasteiger partial charge in [-0.1, -0.05) is 13.8 Å². The molecule has 4 heteroatoms. The Balaban J connectivity index is 2.50. The average Bonchev–Trinajstić information content (AvgIpc) is 2.60. The molecule has 1 aromatic rings. The minimum absolute atomic E-state index is 0.183. The SMILES string of the molecule is CCn1ccnc1C1(C(=O)O)CC1(C)C. The molecule has 0 aliphatic heterocycles. The fraction of sp³-hybridized carbons (Fsp3) is 0.636. The first kappa shape index (κ1) is 10.2. The van der Waals surface area contributed by atoms with Crippen molar-refractivity contribution in [3.05, 3.63) is 18.2 Å². The summed E-state index contributed by atoms with van der Waals surface area (Å²) >= 11 is 0. The second kappa shape index (κ2) is 2.84. The standard InChI is InChI=1S/C11H16N2O2/c1-4-13-6-5-12-8(13)11(9(14)15)7-10(11,2)3/h5-6H,4,7H2,1-3H3,(H,14,15). The van der Waals surface area contributed by atoms with Crippen molar-refractivity contribution >= 4 is 5.97 Å². The number of carboxylic acid groups (broad SMARTS) is 1. The number of imidazole rings is 1. The van der Waals surface area contributed by atoms with Gasteiger partial charge in [0.2, 0.25) is 0 Å². The highest BCUT2D eigenvalue weighted by atomic mass is 16.4. The van der Waals surface area contributed by atoms with Crippen LogP contribution < -0.4 is 0 Å². The number of aliphatic carboxylic acids is 1. The lowest BCUT2D eigenvalue weighted by molar-refractivity contribution is -0.141. The summed E-state index contributed by atoms with van der Waals surface area (Å²) in [6.07, 6.45) is 4.19. The van der Waals surface area contributed by atoms with Crippen molar-refractivity contribution in [2.45, 2.75) is 39.2 Å². The van der Waals surface area contributed by atoms with Crippen molar-refractivity contribution < 1.29 is 9.90 Å². The van der Waals surface area contributed by atoms with Crippen LogP contribution in [0.25, 0.3) is 0 Å². The summed E-state index contributed by atoms with van der Waals surface area (Å²) in [7, 11) is 0. The van der Waals surface area contributed by atoms with Crippen molar-refractivity contribution in [1.82, 2.24) is 9.55 Å². The number of rotatable bonds is 3. The lowest BCUT2D eigenvalue weighted by Gasteiger charge is -2.16. The van der Waals surface area contributed by atoms with Gasteiger partial charge in [0.05, 0.1) is 0 Å². The van der Waals surface area contributed by atoms with E-state index in [1.54, 1.807) is 6.20 Å². The van der Waals surface area contributed by atoms with Crippen LogP contribution in [-0.4, -0.2) is 20.6 Å². The van der Waals surface area contributed by atoms with Gasteiger partial charge < -0.3 is 9.67 Å². The predicted octanol–water partition coefficient (Wildman–Crippen LogP) is 1.66. The van der Waals surface area contributed by atoms with Gasteiger partial charge in [0.15, 0.2) is 0 Å². The maximum atomic E-state index is 11.4. The number of carbonyl (C=O) groups is 1. The number of aryl methyl sites for hydroxylation is 1. The molecule has 0 radical (unpaired) electrons. The summed E-state index contributed by atoms with van der Waals surface area (Å²) in [6, 6.07) is 0. The molecule has 1 unspecified atom stereocenters. The Bertz CT molecular complexity index is 408. The normalized spacial score (nSPS) is 27.7. The minimum Gasteiger partial charge on any atom is -0.480 e. The Morgan fingerprint density at radius 3 is 2.67 bits per heavy atom. The van der Waals surface area contributed by atoms with E-state index in [1.165, 1.54) is 0 Å². The predicted molar refractivity (Wildman–Crippen MR) is 55.6 cm³/mol. The highest BCUT2D eigenvalue weighted by molar-refractivity contribution is 5.85. The zero-order valence-electron chi connectivity index (χ0n) is 9.32. The number of aromatic nitrogens is 2. The third-order valence-corrected chi connectivity index (χ3v) is 3.54. The molecule has 1 saturated carbocycles. The Morgan fingerprint density at radius 1 is 1.67 bits per heavy atom. The van der Waals surface area contributed by atoms with E-state index in [4.69, 9.17) is 0 Å². The van der Waals surface area contributed by atoms with E-state index in [0.717, 1.165) is 6.54 Å². The van der Waals surface area contributed by atoms with Crippen LogP contribution in [0.15, 0.2) is 12.4 Å². The second-order valence-corrected chi connectivity index (χ2v) is 4.81. The van der Waals surface area contributed by atoms with Crippen LogP contribution in [0.4, 0.5) is 0 Å². The lowest BCUT2D eigenvalue weighted by atomic mass is 9.95. The molecule has 1 aliphatic rings. The van der Waals surface area contributed by atoms with E-state index < -0.39 is 11.4 Å². The van der Waals surface area contributed by atoms with Gasteiger partial charge >= 0.3 is 5.97 Å². The van der Waals surface area contributed by atoms with Crippen LogP contribution in [-0.2, 0) is 16.8 Å². The summed E-state index contributed by atoms with van der Waals surface area (Å²) in [5.41, 5.74) is -0.955. The van der Waals surface area contributed by atoms with Crippen LogP contribution in [0.2, 0.25) is 0 Å². The summed E-state index contributed by atoms with van der Waals surface area (Å²) in [4.78, 5) is 15.6. The molecule has 15 heavy (non-hydrogen) atoms. The largest absolute Gasteiger partial charge is 0.480 e. The van der Waals surface area contributed by atoms with Crippen LogP contribution in [0.3, 0.4) is 0 Å².